The molecule has 0 spiro atoms. The molecule has 0 bridgehead atoms. The van der Waals surface area contributed by atoms with Gasteiger partial charge < -0.3 is 4.90 Å². The Morgan fingerprint density at radius 3 is 2.27 bits per heavy atom. The quantitative estimate of drug-likeness (QED) is 0.606. The molecule has 0 aliphatic rings. The highest BCUT2D eigenvalue weighted by Gasteiger charge is 1.97. The summed E-state index contributed by atoms with van der Waals surface area (Å²) in [6, 6.07) is 4.12. The van der Waals surface area contributed by atoms with Crippen LogP contribution in [0.25, 0.3) is 0 Å². The first-order valence-corrected chi connectivity index (χ1v) is 3.73. The molecule has 0 amide bonds. The number of aromatic nitrogens is 1. The fourth-order valence-corrected chi connectivity index (χ4v) is 0.866. The van der Waals surface area contributed by atoms with E-state index in [1.165, 1.54) is 5.56 Å². The van der Waals surface area contributed by atoms with Gasteiger partial charge in [-0.25, -0.2) is 4.98 Å². The SMILES string of the molecule is Cc1ccc(N(C)C)nc1C. The van der Waals surface area contributed by atoms with Crippen molar-refractivity contribution in [3.63, 3.8) is 0 Å². The number of hydrogen-bond donors (Lipinski definition) is 0. The van der Waals surface area contributed by atoms with Crippen LogP contribution in [-0.2, 0) is 0 Å². The van der Waals surface area contributed by atoms with Crippen molar-refractivity contribution in [1.82, 2.24) is 4.98 Å². The highest BCUT2D eigenvalue weighted by Crippen LogP contribution is 2.10. The van der Waals surface area contributed by atoms with E-state index in [4.69, 9.17) is 0 Å². The molecule has 0 aromatic carbocycles. The second-order valence-electron chi connectivity index (χ2n) is 2.97. The van der Waals surface area contributed by atoms with Crippen molar-refractivity contribution < 1.29 is 0 Å². The smallest absolute Gasteiger partial charge is 0.128 e. The molecule has 11 heavy (non-hydrogen) atoms. The van der Waals surface area contributed by atoms with Crippen LogP contribution in [0.4, 0.5) is 5.82 Å². The van der Waals surface area contributed by atoms with Crippen LogP contribution < -0.4 is 4.90 Å². The van der Waals surface area contributed by atoms with E-state index in [1.807, 2.05) is 32.0 Å². The average Bonchev–Trinajstić information content (AvgIpc) is 1.94. The van der Waals surface area contributed by atoms with Gasteiger partial charge in [-0.2, -0.15) is 0 Å². The number of anilines is 1. The Morgan fingerprint density at radius 1 is 1.18 bits per heavy atom. The predicted molar refractivity (Wildman–Crippen MR) is 48.0 cm³/mol. The average molecular weight is 150 g/mol. The molecule has 0 aliphatic heterocycles. The Balaban J connectivity index is 3.05. The molecule has 2 nitrogen and oxygen atoms in total. The largest absolute Gasteiger partial charge is 0.363 e. The summed E-state index contributed by atoms with van der Waals surface area (Å²) in [7, 11) is 3.99. The number of hydrogen-bond acceptors (Lipinski definition) is 2. The molecule has 60 valence electrons. The first-order valence-electron chi connectivity index (χ1n) is 3.73. The van der Waals surface area contributed by atoms with Crippen LogP contribution in [0, 0.1) is 13.8 Å². The Hall–Kier alpha value is -1.05. The maximum absolute atomic E-state index is 4.40. The zero-order valence-electron chi connectivity index (χ0n) is 7.55. The van der Waals surface area contributed by atoms with Crippen molar-refractivity contribution in [3.8, 4) is 0 Å². The van der Waals surface area contributed by atoms with Gasteiger partial charge in [-0.1, -0.05) is 6.07 Å². The standard InChI is InChI=1S/C9H14N2/c1-7-5-6-9(11(3)4)10-8(7)2/h5-6H,1-4H3. The van der Waals surface area contributed by atoms with E-state index in [0.29, 0.717) is 0 Å². The third-order valence-electron chi connectivity index (χ3n) is 1.79. The summed E-state index contributed by atoms with van der Waals surface area (Å²) >= 11 is 0. The number of aryl methyl sites for hydroxylation is 2. The topological polar surface area (TPSA) is 16.1 Å². The molecule has 1 heterocycles. The van der Waals surface area contributed by atoms with E-state index in [2.05, 4.69) is 18.0 Å². The lowest BCUT2D eigenvalue weighted by Gasteiger charge is -2.12. The minimum absolute atomic E-state index is 1.02. The summed E-state index contributed by atoms with van der Waals surface area (Å²) in [5.41, 5.74) is 2.35. The van der Waals surface area contributed by atoms with Gasteiger partial charge in [-0.05, 0) is 25.5 Å². The molecule has 0 aliphatic carbocycles. The molecular formula is C9H14N2. The van der Waals surface area contributed by atoms with Crippen molar-refractivity contribution in [1.29, 1.82) is 0 Å². The van der Waals surface area contributed by atoms with Gasteiger partial charge >= 0.3 is 0 Å². The minimum atomic E-state index is 1.02. The van der Waals surface area contributed by atoms with E-state index >= 15 is 0 Å². The first kappa shape index (κ1) is 8.05. The molecule has 0 radical (unpaired) electrons. The van der Waals surface area contributed by atoms with Gasteiger partial charge in [0.2, 0.25) is 0 Å². The minimum Gasteiger partial charge on any atom is -0.363 e. The molecule has 1 aromatic heterocycles. The third-order valence-corrected chi connectivity index (χ3v) is 1.79. The van der Waals surface area contributed by atoms with Crippen molar-refractivity contribution >= 4 is 5.82 Å². The van der Waals surface area contributed by atoms with Crippen LogP contribution in [0.1, 0.15) is 11.3 Å². The van der Waals surface area contributed by atoms with Gasteiger partial charge in [0, 0.05) is 19.8 Å². The zero-order chi connectivity index (χ0) is 8.43. The van der Waals surface area contributed by atoms with E-state index < -0.39 is 0 Å². The number of nitrogens with zero attached hydrogens (tertiary/aromatic N) is 2. The molecule has 1 aromatic rings. The Bertz CT molecular complexity index is 254. The summed E-state index contributed by atoms with van der Waals surface area (Å²) in [4.78, 5) is 6.40. The predicted octanol–water partition coefficient (Wildman–Crippen LogP) is 1.76. The van der Waals surface area contributed by atoms with Gasteiger partial charge in [0.15, 0.2) is 0 Å². The molecule has 0 saturated heterocycles. The molecule has 2 heteroatoms. The van der Waals surface area contributed by atoms with Gasteiger partial charge in [0.1, 0.15) is 5.82 Å². The fourth-order valence-electron chi connectivity index (χ4n) is 0.866. The monoisotopic (exact) mass is 150 g/mol. The van der Waals surface area contributed by atoms with Gasteiger partial charge in [-0.3, -0.25) is 0 Å². The normalized spacial score (nSPS) is 9.82. The summed E-state index contributed by atoms with van der Waals surface area (Å²) in [5, 5.41) is 0. The fraction of sp³-hybridized carbons (Fsp3) is 0.444. The Kier molecular flexibility index (Phi) is 2.13. The first-order chi connectivity index (χ1) is 5.11. The highest BCUT2D eigenvalue weighted by atomic mass is 15.1. The van der Waals surface area contributed by atoms with Gasteiger partial charge in [0.05, 0.1) is 0 Å². The van der Waals surface area contributed by atoms with Gasteiger partial charge in [-0.15, -0.1) is 0 Å². The maximum atomic E-state index is 4.40. The van der Waals surface area contributed by atoms with Crippen LogP contribution in [0.5, 0.6) is 0 Å². The third kappa shape index (κ3) is 1.70. The van der Waals surface area contributed by atoms with Gasteiger partial charge in [0.25, 0.3) is 0 Å². The molecule has 1 rings (SSSR count). The number of pyridine rings is 1. The number of rotatable bonds is 1. The van der Waals surface area contributed by atoms with Crippen molar-refractivity contribution in [2.24, 2.45) is 0 Å². The second-order valence-corrected chi connectivity index (χ2v) is 2.97. The van der Waals surface area contributed by atoms with E-state index in [0.717, 1.165) is 11.5 Å². The van der Waals surface area contributed by atoms with E-state index in [1.54, 1.807) is 0 Å². The lowest BCUT2D eigenvalue weighted by Crippen LogP contribution is -2.11. The summed E-state index contributed by atoms with van der Waals surface area (Å²) in [6.45, 7) is 4.10. The second kappa shape index (κ2) is 2.91. The van der Waals surface area contributed by atoms with Crippen molar-refractivity contribution in [2.75, 3.05) is 19.0 Å². The molecule has 0 N–H and O–H groups in total. The molecule has 0 unspecified atom stereocenters. The van der Waals surface area contributed by atoms with Crippen molar-refractivity contribution in [2.45, 2.75) is 13.8 Å². The van der Waals surface area contributed by atoms with Crippen LogP contribution in [0.15, 0.2) is 12.1 Å². The molecule has 0 fully saturated rings. The molecule has 0 atom stereocenters. The van der Waals surface area contributed by atoms with Crippen LogP contribution >= 0.6 is 0 Å². The lowest BCUT2D eigenvalue weighted by atomic mass is 10.2. The van der Waals surface area contributed by atoms with E-state index in [9.17, 15) is 0 Å². The maximum Gasteiger partial charge on any atom is 0.128 e. The summed E-state index contributed by atoms with van der Waals surface area (Å²) in [6.07, 6.45) is 0. The lowest BCUT2D eigenvalue weighted by molar-refractivity contribution is 1.03. The zero-order valence-corrected chi connectivity index (χ0v) is 7.55. The Labute approximate surface area is 67.9 Å². The van der Waals surface area contributed by atoms with E-state index in [-0.39, 0.29) is 0 Å². The summed E-state index contributed by atoms with van der Waals surface area (Å²) < 4.78 is 0. The molecular weight excluding hydrogens is 136 g/mol. The highest BCUT2D eigenvalue weighted by molar-refractivity contribution is 5.39. The van der Waals surface area contributed by atoms with Crippen LogP contribution in [0.2, 0.25) is 0 Å². The van der Waals surface area contributed by atoms with Crippen LogP contribution in [-0.4, -0.2) is 19.1 Å². The molecule has 0 saturated carbocycles. The summed E-state index contributed by atoms with van der Waals surface area (Å²) in [5.74, 6) is 1.02. The van der Waals surface area contributed by atoms with Crippen molar-refractivity contribution in [3.05, 3.63) is 23.4 Å². The Morgan fingerprint density at radius 2 is 1.82 bits per heavy atom. The van der Waals surface area contributed by atoms with Crippen LogP contribution in [0.3, 0.4) is 0 Å².